The van der Waals surface area contributed by atoms with Crippen LogP contribution in [0.2, 0.25) is 0 Å². The summed E-state index contributed by atoms with van der Waals surface area (Å²) in [6.07, 6.45) is 12.1. The van der Waals surface area contributed by atoms with E-state index < -0.39 is 6.17 Å². The maximum atomic E-state index is 15.0. The lowest BCUT2D eigenvalue weighted by Crippen LogP contribution is -2.55. The van der Waals surface area contributed by atoms with E-state index in [1.807, 2.05) is 42.4 Å². The molecule has 0 amide bonds. The van der Waals surface area contributed by atoms with Gasteiger partial charge in [-0.1, -0.05) is 6.07 Å². The van der Waals surface area contributed by atoms with E-state index in [0.29, 0.717) is 23.1 Å². The quantitative estimate of drug-likeness (QED) is 0.458. The highest BCUT2D eigenvalue weighted by Gasteiger charge is 2.43. The summed E-state index contributed by atoms with van der Waals surface area (Å²) in [5.41, 5.74) is 3.70. The summed E-state index contributed by atoms with van der Waals surface area (Å²) in [6, 6.07) is 9.30. The fraction of sp³-hybridized carbons (Fsp3) is 0.308. The molecule has 0 radical (unpaired) electrons. The summed E-state index contributed by atoms with van der Waals surface area (Å²) < 4.78 is 16.7. The van der Waals surface area contributed by atoms with Crippen molar-refractivity contribution in [2.75, 3.05) is 11.9 Å². The van der Waals surface area contributed by atoms with Crippen molar-refractivity contribution in [3.8, 4) is 33.8 Å². The summed E-state index contributed by atoms with van der Waals surface area (Å²) in [4.78, 5) is 15.1. The van der Waals surface area contributed by atoms with E-state index in [2.05, 4.69) is 25.4 Å². The molecular weight excluding hydrogens is 445 g/mol. The summed E-state index contributed by atoms with van der Waals surface area (Å²) in [5, 5.41) is 18.5. The first-order valence-electron chi connectivity index (χ1n) is 11.8. The molecule has 2 unspecified atom stereocenters. The molecule has 2 N–H and O–H groups in total. The second-order valence-corrected chi connectivity index (χ2v) is 9.28. The molecule has 5 heterocycles. The van der Waals surface area contributed by atoms with Gasteiger partial charge in [-0.3, -0.25) is 9.97 Å². The van der Waals surface area contributed by atoms with Crippen molar-refractivity contribution in [3.63, 3.8) is 0 Å². The number of pyridine rings is 1. The maximum absolute atomic E-state index is 15.0. The van der Waals surface area contributed by atoms with Gasteiger partial charge in [0.25, 0.3) is 0 Å². The summed E-state index contributed by atoms with van der Waals surface area (Å²) in [5.74, 6) is 0.729. The number of halogens is 1. The van der Waals surface area contributed by atoms with Crippen LogP contribution >= 0.6 is 0 Å². The van der Waals surface area contributed by atoms with Crippen LogP contribution in [0.3, 0.4) is 0 Å². The van der Waals surface area contributed by atoms with Crippen LogP contribution < -0.4 is 10.2 Å². The molecule has 3 aromatic heterocycles. The van der Waals surface area contributed by atoms with Gasteiger partial charge in [0.2, 0.25) is 0 Å². The van der Waals surface area contributed by atoms with Gasteiger partial charge in [-0.2, -0.15) is 5.10 Å². The number of rotatable bonds is 5. The van der Waals surface area contributed by atoms with Crippen LogP contribution in [0.1, 0.15) is 19.3 Å². The number of hydrogen-bond acceptors (Lipinski definition) is 7. The highest BCUT2D eigenvalue weighted by atomic mass is 19.1. The first-order valence-corrected chi connectivity index (χ1v) is 11.8. The lowest BCUT2D eigenvalue weighted by Gasteiger charge is -2.38. The molecule has 0 aliphatic carbocycles. The highest BCUT2D eigenvalue weighted by molar-refractivity contribution is 5.73. The average Bonchev–Trinajstić information content (AvgIpc) is 3.55. The van der Waals surface area contributed by atoms with Crippen LogP contribution in [0.5, 0.6) is 5.75 Å². The molecule has 2 aliphatic rings. The number of alkyl halides is 1. The van der Waals surface area contributed by atoms with Gasteiger partial charge in [0.05, 0.1) is 42.2 Å². The zero-order valence-corrected chi connectivity index (χ0v) is 19.3. The molecule has 35 heavy (non-hydrogen) atoms. The predicted molar refractivity (Wildman–Crippen MR) is 131 cm³/mol. The SMILES string of the molecule is CN(c1cnc(-c2ccc(-c3cnn(-c4cccnc4)c3)cc2O)cn1)[C@@H]1CC2CCC(N2)[C@@H]1F. The zero-order valence-electron chi connectivity index (χ0n) is 19.3. The molecule has 8 nitrogen and oxygen atoms in total. The number of piperidine rings is 1. The monoisotopic (exact) mass is 471 g/mol. The molecule has 0 spiro atoms. The third kappa shape index (κ3) is 4.01. The van der Waals surface area contributed by atoms with E-state index in [1.165, 1.54) is 0 Å². The Hall–Kier alpha value is -3.85. The molecule has 2 bridgehead atoms. The number of phenols is 1. The topological polar surface area (TPSA) is 92.0 Å². The first kappa shape index (κ1) is 21.7. The number of fused-ring (bicyclic) bond motifs is 2. The van der Waals surface area contributed by atoms with Crippen LogP contribution in [-0.4, -0.2) is 61.2 Å². The lowest BCUT2D eigenvalue weighted by molar-refractivity contribution is 0.176. The number of hydrogen-bond donors (Lipinski definition) is 2. The van der Waals surface area contributed by atoms with Gasteiger partial charge in [0.1, 0.15) is 17.7 Å². The Morgan fingerprint density at radius 2 is 2.00 bits per heavy atom. The van der Waals surface area contributed by atoms with Crippen LogP contribution in [0, 0.1) is 0 Å². The van der Waals surface area contributed by atoms with Crippen molar-refractivity contribution in [2.45, 2.75) is 43.6 Å². The van der Waals surface area contributed by atoms with E-state index >= 15 is 0 Å². The summed E-state index contributed by atoms with van der Waals surface area (Å²) in [7, 11) is 1.88. The third-order valence-electron chi connectivity index (χ3n) is 7.15. The molecule has 2 saturated heterocycles. The average molecular weight is 472 g/mol. The Morgan fingerprint density at radius 1 is 1.09 bits per heavy atom. The Morgan fingerprint density at radius 3 is 2.77 bits per heavy atom. The molecule has 4 aromatic rings. The third-order valence-corrected chi connectivity index (χ3v) is 7.15. The van der Waals surface area contributed by atoms with E-state index in [0.717, 1.165) is 36.1 Å². The number of aromatic nitrogens is 5. The largest absolute Gasteiger partial charge is 0.507 e. The minimum atomic E-state index is -0.931. The van der Waals surface area contributed by atoms with Crippen molar-refractivity contribution in [2.24, 2.45) is 0 Å². The Bertz CT molecular complexity index is 1330. The van der Waals surface area contributed by atoms with Gasteiger partial charge in [-0.05, 0) is 49.1 Å². The minimum absolute atomic E-state index is 0.0691. The smallest absolute Gasteiger partial charge is 0.147 e. The van der Waals surface area contributed by atoms with Crippen LogP contribution in [0.4, 0.5) is 10.2 Å². The van der Waals surface area contributed by atoms with Gasteiger partial charge < -0.3 is 15.3 Å². The van der Waals surface area contributed by atoms with Gasteiger partial charge in [-0.15, -0.1) is 0 Å². The van der Waals surface area contributed by atoms with E-state index in [4.69, 9.17) is 0 Å². The second kappa shape index (κ2) is 8.74. The normalized spacial score (nSPS) is 23.4. The van der Waals surface area contributed by atoms with Gasteiger partial charge >= 0.3 is 0 Å². The number of anilines is 1. The molecular formula is C26H26FN7O. The minimum Gasteiger partial charge on any atom is -0.507 e. The molecule has 9 heteroatoms. The van der Waals surface area contributed by atoms with Crippen LogP contribution in [-0.2, 0) is 0 Å². The predicted octanol–water partition coefficient (Wildman–Crippen LogP) is 3.76. The zero-order chi connectivity index (χ0) is 23.9. The number of nitrogens with one attached hydrogen (secondary N) is 1. The van der Waals surface area contributed by atoms with Crippen molar-refractivity contribution in [3.05, 3.63) is 67.5 Å². The van der Waals surface area contributed by atoms with Crippen molar-refractivity contribution < 1.29 is 9.50 Å². The Kier molecular flexibility index (Phi) is 5.41. The molecule has 178 valence electrons. The number of phenolic OH excluding ortho intramolecular Hbond substituents is 1. The Balaban J connectivity index is 1.20. The number of benzene rings is 1. The second-order valence-electron chi connectivity index (χ2n) is 9.28. The molecule has 0 saturated carbocycles. The van der Waals surface area contributed by atoms with E-state index in [9.17, 15) is 9.50 Å². The number of nitrogens with zero attached hydrogens (tertiary/aromatic N) is 6. The van der Waals surface area contributed by atoms with Crippen molar-refractivity contribution in [1.82, 2.24) is 30.0 Å². The van der Waals surface area contributed by atoms with E-state index in [-0.39, 0.29) is 17.8 Å². The molecule has 4 atom stereocenters. The molecule has 2 aliphatic heterocycles. The fourth-order valence-corrected chi connectivity index (χ4v) is 5.19. The number of aromatic hydroxyl groups is 1. The molecule has 6 rings (SSSR count). The molecule has 2 fully saturated rings. The summed E-state index contributed by atoms with van der Waals surface area (Å²) >= 11 is 0. The lowest BCUT2D eigenvalue weighted by atomic mass is 9.96. The van der Waals surface area contributed by atoms with Crippen LogP contribution in [0.15, 0.2) is 67.5 Å². The van der Waals surface area contributed by atoms with Gasteiger partial charge in [0, 0.05) is 42.7 Å². The Labute approximate surface area is 202 Å². The van der Waals surface area contributed by atoms with Crippen LogP contribution in [0.25, 0.3) is 28.1 Å². The summed E-state index contributed by atoms with van der Waals surface area (Å²) in [6.45, 7) is 0. The van der Waals surface area contributed by atoms with Crippen molar-refractivity contribution >= 4 is 5.82 Å². The first-order chi connectivity index (χ1) is 17.1. The maximum Gasteiger partial charge on any atom is 0.147 e. The van der Waals surface area contributed by atoms with Gasteiger partial charge in [-0.25, -0.2) is 14.1 Å². The van der Waals surface area contributed by atoms with E-state index in [1.54, 1.807) is 41.7 Å². The van der Waals surface area contributed by atoms with Gasteiger partial charge in [0.15, 0.2) is 0 Å². The highest BCUT2D eigenvalue weighted by Crippen LogP contribution is 2.35. The molecule has 1 aromatic carbocycles. The fourth-order valence-electron chi connectivity index (χ4n) is 5.19. The standard InChI is InChI=1S/C26H26FN7O/c1-33(23-10-18-5-7-21(32-18)26(23)27)25-14-29-22(13-30-25)20-6-4-16(9-24(20)35)17-11-31-34(15-17)19-3-2-8-28-12-19/h2-4,6,8-9,11-15,18,21,23,26,32,35H,5,7,10H2,1H3/t18?,21?,23-,26+/m1/s1. The van der Waals surface area contributed by atoms with Crippen molar-refractivity contribution in [1.29, 1.82) is 0 Å².